The number of rotatable bonds is 2. The summed E-state index contributed by atoms with van der Waals surface area (Å²) in [5.74, 6) is 0.600. The van der Waals surface area contributed by atoms with Gasteiger partial charge in [-0.2, -0.15) is 0 Å². The Kier molecular flexibility index (Phi) is 3.52. The van der Waals surface area contributed by atoms with Crippen LogP contribution in [0.25, 0.3) is 0 Å². The van der Waals surface area contributed by atoms with Crippen LogP contribution in [0.15, 0.2) is 83.3 Å². The van der Waals surface area contributed by atoms with E-state index in [0.29, 0.717) is 11.3 Å². The van der Waals surface area contributed by atoms with E-state index < -0.39 is 11.7 Å². The zero-order valence-corrected chi connectivity index (χ0v) is 15.3. The predicted octanol–water partition coefficient (Wildman–Crippen LogP) is 5.28. The molecule has 0 unspecified atom stereocenters. The molecular weight excluding hydrogens is 392 g/mol. The van der Waals surface area contributed by atoms with Gasteiger partial charge in [-0.3, -0.25) is 4.79 Å². The Hall–Kier alpha value is -2.43. The van der Waals surface area contributed by atoms with Crippen LogP contribution in [-0.4, -0.2) is 11.4 Å². The fourth-order valence-corrected chi connectivity index (χ4v) is 3.99. The van der Waals surface area contributed by atoms with Crippen molar-refractivity contribution in [1.82, 2.24) is 0 Å². The number of Topliss-reactive ketones (excluding diaryl/α,β-unsaturated/α-hetero) is 1. The average Bonchev–Trinajstić information content (AvgIpc) is 3.42. The van der Waals surface area contributed by atoms with Gasteiger partial charge in [-0.05, 0) is 35.4 Å². The molecule has 2 aliphatic heterocycles. The summed E-state index contributed by atoms with van der Waals surface area (Å²) in [6.45, 7) is 0. The van der Waals surface area contributed by atoms with Crippen molar-refractivity contribution in [1.29, 1.82) is 0 Å². The van der Waals surface area contributed by atoms with Crippen LogP contribution < -0.4 is 4.74 Å². The highest BCUT2D eigenvalue weighted by Crippen LogP contribution is 2.61. The first-order valence-corrected chi connectivity index (χ1v) is 9.28. The van der Waals surface area contributed by atoms with Crippen molar-refractivity contribution in [3.05, 3.63) is 100 Å². The summed E-state index contributed by atoms with van der Waals surface area (Å²) in [5, 5.41) is 0. The number of para-hydroxylation sites is 1. The van der Waals surface area contributed by atoms with Gasteiger partial charge >= 0.3 is 0 Å². The van der Waals surface area contributed by atoms with Crippen molar-refractivity contribution in [3.8, 4) is 5.75 Å². The van der Waals surface area contributed by atoms with Crippen LogP contribution in [0.4, 0.5) is 0 Å². The number of hydrogen-bond donors (Lipinski definition) is 0. The molecule has 1 saturated heterocycles. The van der Waals surface area contributed by atoms with Gasteiger partial charge in [0.05, 0.1) is 5.56 Å². The monoisotopic (exact) mass is 406 g/mol. The summed E-state index contributed by atoms with van der Waals surface area (Å²) in [5.41, 5.74) is 1.49. The number of fused-ring (bicyclic) bond motifs is 1. The molecule has 1 spiro atoms. The van der Waals surface area contributed by atoms with Crippen LogP contribution in [0.2, 0.25) is 0 Å². The molecule has 26 heavy (non-hydrogen) atoms. The summed E-state index contributed by atoms with van der Waals surface area (Å²) in [4.78, 5) is 13.4. The average molecular weight is 407 g/mol. The van der Waals surface area contributed by atoms with E-state index in [0.717, 1.165) is 15.6 Å². The number of halogens is 1. The maximum atomic E-state index is 13.4. The highest BCUT2D eigenvalue weighted by atomic mass is 79.9. The van der Waals surface area contributed by atoms with Crippen LogP contribution in [0.3, 0.4) is 0 Å². The summed E-state index contributed by atoms with van der Waals surface area (Å²) in [6.07, 6.45) is -0.790. The number of ketones is 1. The van der Waals surface area contributed by atoms with Crippen LogP contribution in [0.1, 0.15) is 33.7 Å². The highest BCUT2D eigenvalue weighted by molar-refractivity contribution is 9.10. The maximum absolute atomic E-state index is 13.4. The van der Waals surface area contributed by atoms with Crippen LogP contribution in [0.5, 0.6) is 5.75 Å². The number of epoxide rings is 1. The molecule has 3 nitrogen and oxygen atoms in total. The Morgan fingerprint density at radius 2 is 1.42 bits per heavy atom. The van der Waals surface area contributed by atoms with Crippen molar-refractivity contribution in [2.45, 2.75) is 17.8 Å². The fourth-order valence-electron chi connectivity index (χ4n) is 3.73. The van der Waals surface area contributed by atoms with Crippen molar-refractivity contribution >= 4 is 21.7 Å². The van der Waals surface area contributed by atoms with Gasteiger partial charge < -0.3 is 9.47 Å². The van der Waals surface area contributed by atoms with Gasteiger partial charge in [-0.25, -0.2) is 0 Å². The van der Waals surface area contributed by atoms with E-state index >= 15 is 0 Å². The molecule has 0 aromatic heterocycles. The molecular formula is C22H15BrO3. The zero-order chi connectivity index (χ0) is 17.7. The lowest BCUT2D eigenvalue weighted by Crippen LogP contribution is -2.40. The molecule has 4 heteroatoms. The van der Waals surface area contributed by atoms with Crippen LogP contribution in [0, 0.1) is 0 Å². The third-order valence-corrected chi connectivity index (χ3v) is 5.57. The molecule has 0 bridgehead atoms. The molecule has 0 amide bonds. The van der Waals surface area contributed by atoms with Gasteiger partial charge in [-0.1, -0.05) is 70.5 Å². The molecule has 0 radical (unpaired) electrons. The summed E-state index contributed by atoms with van der Waals surface area (Å²) in [7, 11) is 0. The summed E-state index contributed by atoms with van der Waals surface area (Å²) < 4.78 is 13.4. The third-order valence-electron chi connectivity index (χ3n) is 5.04. The fraction of sp³-hybridized carbons (Fsp3) is 0.136. The Morgan fingerprint density at radius 1 is 0.769 bits per heavy atom. The molecule has 2 aliphatic rings. The van der Waals surface area contributed by atoms with Gasteiger partial charge in [-0.15, -0.1) is 0 Å². The minimum atomic E-state index is -1.01. The van der Waals surface area contributed by atoms with Gasteiger partial charge in [0.1, 0.15) is 11.9 Å². The Labute approximate surface area is 159 Å². The minimum absolute atomic E-state index is 0.0129. The smallest absolute Gasteiger partial charge is 0.205 e. The first-order valence-electron chi connectivity index (χ1n) is 8.49. The molecule has 0 saturated carbocycles. The Bertz CT molecular complexity index is 984. The number of carbonyl (C=O) groups is 1. The lowest BCUT2D eigenvalue weighted by molar-refractivity contribution is 0.0523. The van der Waals surface area contributed by atoms with E-state index in [4.69, 9.17) is 9.47 Å². The van der Waals surface area contributed by atoms with Gasteiger partial charge in [0.25, 0.3) is 0 Å². The van der Waals surface area contributed by atoms with Crippen molar-refractivity contribution in [3.63, 3.8) is 0 Å². The van der Waals surface area contributed by atoms with E-state index in [1.165, 1.54) is 0 Å². The molecule has 0 N–H and O–H groups in total. The second-order valence-electron chi connectivity index (χ2n) is 6.58. The number of hydrogen-bond acceptors (Lipinski definition) is 3. The standard InChI is InChI=1S/C22H15BrO3/c23-16-12-10-15(11-13-16)21-22(26-21)19(24)17-8-4-5-9-18(17)25-20(22)14-6-2-1-3-7-14/h1-13,20-21H/t20-,21-,22+/m0/s1. The first kappa shape index (κ1) is 15.8. The van der Waals surface area contributed by atoms with E-state index in [9.17, 15) is 4.79 Å². The normalized spacial score (nSPS) is 26.3. The van der Waals surface area contributed by atoms with Gasteiger partial charge in [0, 0.05) is 4.47 Å². The Balaban J connectivity index is 1.64. The van der Waals surface area contributed by atoms with Crippen molar-refractivity contribution < 1.29 is 14.3 Å². The highest BCUT2D eigenvalue weighted by Gasteiger charge is 2.71. The summed E-state index contributed by atoms with van der Waals surface area (Å²) in [6, 6.07) is 25.1. The van der Waals surface area contributed by atoms with Gasteiger partial charge in [0.15, 0.2) is 6.10 Å². The number of ether oxygens (including phenoxy) is 2. The summed E-state index contributed by atoms with van der Waals surface area (Å²) >= 11 is 3.45. The van der Waals surface area contributed by atoms with E-state index in [1.807, 2.05) is 72.8 Å². The number of carbonyl (C=O) groups excluding carboxylic acids is 1. The zero-order valence-electron chi connectivity index (χ0n) is 13.8. The molecule has 5 rings (SSSR count). The molecule has 0 aliphatic carbocycles. The second kappa shape index (κ2) is 5.79. The van der Waals surface area contributed by atoms with E-state index in [2.05, 4.69) is 15.9 Å². The largest absolute Gasteiger partial charge is 0.481 e. The van der Waals surface area contributed by atoms with Gasteiger partial charge in [0.2, 0.25) is 11.4 Å². The lowest BCUT2D eigenvalue weighted by Gasteiger charge is -2.31. The minimum Gasteiger partial charge on any atom is -0.481 e. The van der Waals surface area contributed by atoms with Crippen molar-refractivity contribution in [2.24, 2.45) is 0 Å². The predicted molar refractivity (Wildman–Crippen MR) is 101 cm³/mol. The quantitative estimate of drug-likeness (QED) is 0.543. The van der Waals surface area contributed by atoms with Crippen LogP contribution in [-0.2, 0) is 4.74 Å². The van der Waals surface area contributed by atoms with E-state index in [1.54, 1.807) is 6.07 Å². The first-order chi connectivity index (χ1) is 12.7. The third kappa shape index (κ3) is 2.26. The molecule has 2 heterocycles. The molecule has 3 atom stereocenters. The molecule has 128 valence electrons. The second-order valence-corrected chi connectivity index (χ2v) is 7.49. The maximum Gasteiger partial charge on any atom is 0.205 e. The molecule has 3 aromatic rings. The van der Waals surface area contributed by atoms with Crippen LogP contribution >= 0.6 is 15.9 Å². The van der Waals surface area contributed by atoms with E-state index in [-0.39, 0.29) is 11.9 Å². The SMILES string of the molecule is O=C1c2ccccc2O[C@@H](c2ccccc2)[C@]12O[C@H]2c1ccc(Br)cc1. The topological polar surface area (TPSA) is 38.8 Å². The Morgan fingerprint density at radius 3 is 2.19 bits per heavy atom. The molecule has 3 aromatic carbocycles. The van der Waals surface area contributed by atoms with Crippen molar-refractivity contribution in [2.75, 3.05) is 0 Å². The molecule has 1 fully saturated rings. The lowest BCUT2D eigenvalue weighted by atomic mass is 9.81. The number of benzene rings is 3.